The molecule has 2 aliphatic rings. The first-order valence-corrected chi connectivity index (χ1v) is 6.64. The number of rotatable bonds is 7. The molecule has 3 N–H and O–H groups in total. The van der Waals surface area contributed by atoms with Gasteiger partial charge in [-0.1, -0.05) is 0 Å². The summed E-state index contributed by atoms with van der Waals surface area (Å²) in [7, 11) is -3.24. The quantitative estimate of drug-likeness (QED) is 0.497. The third-order valence-electron chi connectivity index (χ3n) is 2.33. The van der Waals surface area contributed by atoms with Crippen LogP contribution in [0.15, 0.2) is 0 Å². The van der Waals surface area contributed by atoms with Gasteiger partial charge < -0.3 is 5.32 Å². The van der Waals surface area contributed by atoms with Crippen molar-refractivity contribution in [2.45, 2.75) is 37.8 Å². The molecule has 0 aromatic rings. The fourth-order valence-corrected chi connectivity index (χ4v) is 2.34. The summed E-state index contributed by atoms with van der Waals surface area (Å²) < 4.78 is 27.7. The first kappa shape index (κ1) is 10.4. The van der Waals surface area contributed by atoms with Gasteiger partial charge in [0.25, 0.3) is 10.2 Å². The van der Waals surface area contributed by atoms with Crippen LogP contribution in [0.25, 0.3) is 0 Å². The minimum atomic E-state index is -3.24. The van der Waals surface area contributed by atoms with Crippen molar-refractivity contribution in [1.82, 2.24) is 14.8 Å². The van der Waals surface area contributed by atoms with E-state index in [-0.39, 0.29) is 6.04 Å². The molecule has 0 amide bonds. The summed E-state index contributed by atoms with van der Waals surface area (Å²) in [6.07, 6.45) is 4.41. The maximum atomic E-state index is 11.3. The highest BCUT2D eigenvalue weighted by Crippen LogP contribution is 2.19. The van der Waals surface area contributed by atoms with Crippen LogP contribution in [0.2, 0.25) is 0 Å². The van der Waals surface area contributed by atoms with Crippen molar-refractivity contribution < 1.29 is 8.42 Å². The summed E-state index contributed by atoms with van der Waals surface area (Å²) in [5.74, 6) is 0. The summed E-state index contributed by atoms with van der Waals surface area (Å²) in [4.78, 5) is 0. The Morgan fingerprint density at radius 1 is 1.00 bits per heavy atom. The zero-order valence-electron chi connectivity index (χ0n) is 8.12. The third-order valence-corrected chi connectivity index (χ3v) is 3.55. The van der Waals surface area contributed by atoms with Gasteiger partial charge in [-0.3, -0.25) is 0 Å². The smallest absolute Gasteiger partial charge is 0.277 e. The monoisotopic (exact) mass is 219 g/mol. The molecule has 14 heavy (non-hydrogen) atoms. The van der Waals surface area contributed by atoms with E-state index in [1.807, 2.05) is 0 Å². The number of nitrogens with one attached hydrogen (secondary N) is 3. The second-order valence-electron chi connectivity index (χ2n) is 4.02. The van der Waals surface area contributed by atoms with Crippen LogP contribution < -0.4 is 14.8 Å². The van der Waals surface area contributed by atoms with Crippen LogP contribution in [-0.4, -0.2) is 33.6 Å². The highest BCUT2D eigenvalue weighted by atomic mass is 32.2. The first-order chi connectivity index (χ1) is 6.66. The van der Waals surface area contributed by atoms with E-state index < -0.39 is 10.2 Å². The standard InChI is InChI=1S/C8H17N3O2S/c12-14(13,11-8-3-4-8)10-6-5-9-7-1-2-7/h7-11H,1-6H2. The van der Waals surface area contributed by atoms with E-state index in [4.69, 9.17) is 0 Å². The van der Waals surface area contributed by atoms with E-state index in [1.54, 1.807) is 0 Å². The molecule has 2 fully saturated rings. The molecule has 0 aliphatic heterocycles. The predicted molar refractivity (Wildman–Crippen MR) is 54.1 cm³/mol. The molecule has 2 aliphatic carbocycles. The molecule has 0 heterocycles. The zero-order chi connectivity index (χ0) is 10.0. The average molecular weight is 219 g/mol. The lowest BCUT2D eigenvalue weighted by molar-refractivity contribution is 0.560. The SMILES string of the molecule is O=S(=O)(NCCNC1CC1)NC1CC1. The number of hydrogen-bond donors (Lipinski definition) is 3. The topological polar surface area (TPSA) is 70.2 Å². The summed E-state index contributed by atoms with van der Waals surface area (Å²) in [5.41, 5.74) is 0. The predicted octanol–water partition coefficient (Wildman–Crippen LogP) is -0.675. The summed E-state index contributed by atoms with van der Waals surface area (Å²) in [5, 5.41) is 3.24. The van der Waals surface area contributed by atoms with Gasteiger partial charge in [-0.25, -0.2) is 4.72 Å². The van der Waals surface area contributed by atoms with Crippen molar-refractivity contribution in [3.63, 3.8) is 0 Å². The van der Waals surface area contributed by atoms with Gasteiger partial charge in [0.2, 0.25) is 0 Å². The third kappa shape index (κ3) is 3.91. The van der Waals surface area contributed by atoms with E-state index in [0.717, 1.165) is 19.4 Å². The summed E-state index contributed by atoms with van der Waals surface area (Å²) in [6.45, 7) is 1.19. The highest BCUT2D eigenvalue weighted by molar-refractivity contribution is 7.87. The van der Waals surface area contributed by atoms with Crippen LogP contribution in [0, 0.1) is 0 Å². The fraction of sp³-hybridized carbons (Fsp3) is 1.00. The summed E-state index contributed by atoms with van der Waals surface area (Å²) in [6, 6.07) is 0.819. The Kier molecular flexibility index (Phi) is 3.06. The Morgan fingerprint density at radius 2 is 1.64 bits per heavy atom. The second-order valence-corrected chi connectivity index (χ2v) is 5.55. The molecule has 0 aromatic heterocycles. The molecule has 0 atom stereocenters. The molecular weight excluding hydrogens is 202 g/mol. The first-order valence-electron chi connectivity index (χ1n) is 5.16. The molecule has 0 radical (unpaired) electrons. The van der Waals surface area contributed by atoms with Crippen molar-refractivity contribution in [3.8, 4) is 0 Å². The van der Waals surface area contributed by atoms with Gasteiger partial charge in [0.1, 0.15) is 0 Å². The van der Waals surface area contributed by atoms with Crippen LogP contribution in [-0.2, 0) is 10.2 Å². The van der Waals surface area contributed by atoms with Gasteiger partial charge in [0.15, 0.2) is 0 Å². The largest absolute Gasteiger partial charge is 0.313 e. The molecule has 82 valence electrons. The van der Waals surface area contributed by atoms with Gasteiger partial charge in [-0.05, 0) is 25.7 Å². The van der Waals surface area contributed by atoms with E-state index in [0.29, 0.717) is 12.6 Å². The van der Waals surface area contributed by atoms with Gasteiger partial charge in [0.05, 0.1) is 0 Å². The van der Waals surface area contributed by atoms with Gasteiger partial charge in [0, 0.05) is 25.2 Å². The lowest BCUT2D eigenvalue weighted by Gasteiger charge is -2.07. The van der Waals surface area contributed by atoms with Crippen LogP contribution in [0.1, 0.15) is 25.7 Å². The van der Waals surface area contributed by atoms with Gasteiger partial charge in [-0.2, -0.15) is 13.1 Å². The minimum Gasteiger partial charge on any atom is -0.313 e. The molecule has 0 unspecified atom stereocenters. The maximum Gasteiger partial charge on any atom is 0.277 e. The van der Waals surface area contributed by atoms with Crippen molar-refractivity contribution in [2.24, 2.45) is 0 Å². The van der Waals surface area contributed by atoms with E-state index in [9.17, 15) is 8.42 Å². The van der Waals surface area contributed by atoms with Crippen LogP contribution in [0.4, 0.5) is 0 Å². The van der Waals surface area contributed by atoms with Gasteiger partial charge in [-0.15, -0.1) is 0 Å². The van der Waals surface area contributed by atoms with Crippen LogP contribution in [0.3, 0.4) is 0 Å². The second kappa shape index (κ2) is 4.14. The van der Waals surface area contributed by atoms with E-state index >= 15 is 0 Å². The maximum absolute atomic E-state index is 11.3. The zero-order valence-corrected chi connectivity index (χ0v) is 8.94. The molecule has 0 bridgehead atoms. The Labute approximate surface area is 84.8 Å². The van der Waals surface area contributed by atoms with Crippen LogP contribution >= 0.6 is 0 Å². The van der Waals surface area contributed by atoms with Crippen molar-refractivity contribution >= 4 is 10.2 Å². The molecule has 0 spiro atoms. The molecule has 5 nitrogen and oxygen atoms in total. The lowest BCUT2D eigenvalue weighted by Crippen LogP contribution is -2.41. The molecule has 2 saturated carbocycles. The van der Waals surface area contributed by atoms with Crippen molar-refractivity contribution in [3.05, 3.63) is 0 Å². The molecule has 6 heteroatoms. The fourth-order valence-electron chi connectivity index (χ4n) is 1.21. The molecular formula is C8H17N3O2S. The lowest BCUT2D eigenvalue weighted by atomic mass is 10.6. The molecule has 0 saturated heterocycles. The Morgan fingerprint density at radius 3 is 2.21 bits per heavy atom. The molecule has 0 aromatic carbocycles. The molecule has 2 rings (SSSR count). The van der Waals surface area contributed by atoms with Crippen LogP contribution in [0.5, 0.6) is 0 Å². The van der Waals surface area contributed by atoms with Gasteiger partial charge >= 0.3 is 0 Å². The number of hydrogen-bond acceptors (Lipinski definition) is 3. The normalized spacial score (nSPS) is 22.6. The Bertz CT molecular complexity index is 283. The minimum absolute atomic E-state index is 0.184. The Balaban J connectivity index is 1.57. The van der Waals surface area contributed by atoms with E-state index in [1.165, 1.54) is 12.8 Å². The average Bonchev–Trinajstić information content (AvgIpc) is 2.91. The van der Waals surface area contributed by atoms with Crippen molar-refractivity contribution in [2.75, 3.05) is 13.1 Å². The highest BCUT2D eigenvalue weighted by Gasteiger charge is 2.26. The Hall–Kier alpha value is -0.170. The van der Waals surface area contributed by atoms with E-state index in [2.05, 4.69) is 14.8 Å². The van der Waals surface area contributed by atoms with Crippen molar-refractivity contribution in [1.29, 1.82) is 0 Å². The summed E-state index contributed by atoms with van der Waals surface area (Å²) >= 11 is 0.